The van der Waals surface area contributed by atoms with Gasteiger partial charge in [-0.25, -0.2) is 5.43 Å². The Morgan fingerprint density at radius 1 is 0.650 bits per heavy atom. The molecule has 0 radical (unpaired) electrons. The monoisotopic (exact) mass is 533 g/mol. The van der Waals surface area contributed by atoms with Crippen molar-refractivity contribution in [1.29, 1.82) is 0 Å². The van der Waals surface area contributed by atoms with E-state index in [1.54, 1.807) is 0 Å². The van der Waals surface area contributed by atoms with Crippen LogP contribution in [0.3, 0.4) is 0 Å². The molecule has 0 saturated heterocycles. The van der Waals surface area contributed by atoms with E-state index in [0.717, 1.165) is 6.92 Å². The number of hydrogen-bond donors (Lipinski definition) is 5. The highest BCUT2D eigenvalue weighted by atomic mass is 16.4. The van der Waals surface area contributed by atoms with Crippen LogP contribution in [0.15, 0.2) is 0 Å². The van der Waals surface area contributed by atoms with Crippen LogP contribution in [0.25, 0.3) is 0 Å². The molecule has 0 aliphatic rings. The third-order valence-electron chi connectivity index (χ3n) is 3.80. The summed E-state index contributed by atoms with van der Waals surface area (Å²) in [6, 6.07) is -2.54. The highest BCUT2D eigenvalue weighted by Crippen LogP contribution is 2.03. The first kappa shape index (κ1) is 33.5. The van der Waals surface area contributed by atoms with Crippen LogP contribution in [0.5, 0.6) is 0 Å². The molecule has 0 aliphatic heterocycles. The number of hydrogen-bond acceptors (Lipinski definition) is 6. The van der Waals surface area contributed by atoms with Crippen molar-refractivity contribution in [3.8, 4) is 107 Å². The topological polar surface area (TPSA) is 162 Å². The van der Waals surface area contributed by atoms with Crippen LogP contribution in [0.4, 0.5) is 0 Å². The number of carboxylic acid groups (broad SMARTS) is 2. The lowest BCUT2D eigenvalue weighted by atomic mass is 10.0. The molecule has 5 N–H and O–H groups in total. The van der Waals surface area contributed by atoms with E-state index in [-0.39, 0.29) is 12.8 Å². The van der Waals surface area contributed by atoms with Gasteiger partial charge >= 0.3 is 11.9 Å². The average molecular weight is 533 g/mol. The summed E-state index contributed by atoms with van der Waals surface area (Å²) in [6.45, 7) is 1.16. The van der Waals surface area contributed by atoms with Gasteiger partial charge in [0.25, 0.3) is 0 Å². The largest absolute Gasteiger partial charge is 0.481 e. The summed E-state index contributed by atoms with van der Waals surface area (Å²) in [6.07, 6.45) is 3.52. The molecule has 0 unspecified atom stereocenters. The van der Waals surface area contributed by atoms with Crippen molar-refractivity contribution >= 4 is 29.5 Å². The molecule has 0 heterocycles. The number of carboxylic acids is 2. The van der Waals surface area contributed by atoms with Gasteiger partial charge in [0.2, 0.25) is 17.6 Å². The second-order valence-corrected chi connectivity index (χ2v) is 6.81. The molecular weight excluding hydrogens is 514 g/mol. The molecule has 2 atom stereocenters. The molecule has 0 aromatic carbocycles. The number of rotatable bonds is 11. The van der Waals surface area contributed by atoms with E-state index in [0.29, 0.717) is 0 Å². The zero-order valence-corrected chi connectivity index (χ0v) is 21.0. The molecular formula is C30H19N3O7. The first-order valence-electron chi connectivity index (χ1n) is 10.9. The number of terminal acetylenes is 1. The minimum Gasteiger partial charge on any atom is -0.481 e. The third-order valence-corrected chi connectivity index (χ3v) is 3.80. The van der Waals surface area contributed by atoms with Crippen molar-refractivity contribution in [3.05, 3.63) is 0 Å². The predicted molar refractivity (Wildman–Crippen MR) is 142 cm³/mol. The number of ketones is 1. The maximum atomic E-state index is 12.6. The molecule has 0 aromatic rings. The fraction of sp³-hybridized carbons (Fsp3) is 0.233. The van der Waals surface area contributed by atoms with Crippen molar-refractivity contribution in [3.63, 3.8) is 0 Å². The number of amides is 2. The van der Waals surface area contributed by atoms with Crippen LogP contribution >= 0.6 is 0 Å². The molecule has 0 rings (SSSR count). The molecule has 196 valence electrons. The standard InChI is InChI=1S/C30H19N3O7/c1-3-4-5-6-7-8-9-10-11-12-13-14-15-16-17-18-19-27(35)25(20-22-28(36)37)31-30(40)26(21-23-29(38)39)33-32-24(2)34/h1,25-26,33H,20-23H2,2H3,(H,31,40)(H,32,34)(H,36,37)(H,38,39)/t25-,26-/m0/s1. The number of carbonyl (C=O) groups is 5. The molecule has 10 heteroatoms. The Hall–Kier alpha value is -6.45. The Morgan fingerprint density at radius 2 is 1.05 bits per heavy atom. The molecule has 0 aliphatic carbocycles. The quantitative estimate of drug-likeness (QED) is 0.121. The number of hydrazine groups is 1. The number of carbonyl (C=O) groups excluding carboxylic acids is 3. The highest BCUT2D eigenvalue weighted by Gasteiger charge is 2.26. The van der Waals surface area contributed by atoms with Crippen molar-refractivity contribution in [1.82, 2.24) is 16.2 Å². The lowest BCUT2D eigenvalue weighted by Crippen LogP contribution is -2.54. The molecule has 2 amide bonds. The van der Waals surface area contributed by atoms with Crippen molar-refractivity contribution < 1.29 is 34.2 Å². The van der Waals surface area contributed by atoms with E-state index in [9.17, 15) is 24.0 Å². The smallest absolute Gasteiger partial charge is 0.303 e. The van der Waals surface area contributed by atoms with Gasteiger partial charge in [0.05, 0.1) is 0 Å². The van der Waals surface area contributed by atoms with E-state index in [2.05, 4.69) is 117 Å². The van der Waals surface area contributed by atoms with Gasteiger partial charge in [0, 0.05) is 19.8 Å². The molecule has 40 heavy (non-hydrogen) atoms. The summed E-state index contributed by atoms with van der Waals surface area (Å²) in [4.78, 5) is 58.0. The minimum atomic E-state index is -1.33. The summed E-state index contributed by atoms with van der Waals surface area (Å²) in [5.74, 6) is 35.2. The van der Waals surface area contributed by atoms with Gasteiger partial charge in [-0.15, -0.1) is 6.42 Å². The van der Waals surface area contributed by atoms with Gasteiger partial charge < -0.3 is 15.5 Å². The van der Waals surface area contributed by atoms with Gasteiger partial charge in [-0.1, -0.05) is 0 Å². The Bertz CT molecular complexity index is 1550. The van der Waals surface area contributed by atoms with Gasteiger partial charge in [0.1, 0.15) is 12.1 Å². The summed E-state index contributed by atoms with van der Waals surface area (Å²) >= 11 is 0. The normalized spacial score (nSPS) is 9.00. The lowest BCUT2D eigenvalue weighted by Gasteiger charge is -2.21. The van der Waals surface area contributed by atoms with E-state index in [4.69, 9.17) is 16.6 Å². The Morgan fingerprint density at radius 3 is 1.45 bits per heavy atom. The van der Waals surface area contributed by atoms with E-state index < -0.39 is 54.5 Å². The summed E-state index contributed by atoms with van der Waals surface area (Å²) < 4.78 is 0. The summed E-state index contributed by atoms with van der Waals surface area (Å²) in [7, 11) is 0. The van der Waals surface area contributed by atoms with E-state index in [1.165, 1.54) is 0 Å². The van der Waals surface area contributed by atoms with Crippen LogP contribution in [0, 0.1) is 107 Å². The maximum Gasteiger partial charge on any atom is 0.303 e. The van der Waals surface area contributed by atoms with Crippen LogP contribution in [-0.4, -0.2) is 51.8 Å². The number of aliphatic carboxylic acids is 2. The number of nitrogens with one attached hydrogen (secondary N) is 3. The van der Waals surface area contributed by atoms with Crippen LogP contribution < -0.4 is 16.2 Å². The van der Waals surface area contributed by atoms with Crippen LogP contribution in [0.2, 0.25) is 0 Å². The molecule has 0 saturated carbocycles. The lowest BCUT2D eigenvalue weighted by molar-refractivity contribution is -0.139. The fourth-order valence-electron chi connectivity index (χ4n) is 2.16. The van der Waals surface area contributed by atoms with Crippen LogP contribution in [0.1, 0.15) is 32.6 Å². The van der Waals surface area contributed by atoms with Gasteiger partial charge in [-0.05, 0) is 113 Å². The molecule has 0 fully saturated rings. The zero-order chi connectivity index (χ0) is 30.0. The second-order valence-electron chi connectivity index (χ2n) is 6.81. The first-order chi connectivity index (χ1) is 19.2. The highest BCUT2D eigenvalue weighted by molar-refractivity contribution is 6.02. The van der Waals surface area contributed by atoms with E-state index in [1.807, 2.05) is 0 Å². The third kappa shape index (κ3) is 19.8. The minimum absolute atomic E-state index is 0.225. The van der Waals surface area contributed by atoms with Crippen molar-refractivity contribution in [2.45, 2.75) is 44.7 Å². The first-order valence-corrected chi connectivity index (χ1v) is 10.9. The average Bonchev–Trinajstić information content (AvgIpc) is 2.90. The Balaban J connectivity index is 5.30. The zero-order valence-electron chi connectivity index (χ0n) is 21.0. The van der Waals surface area contributed by atoms with Crippen LogP contribution in [-0.2, 0) is 24.0 Å². The number of Topliss-reactive ketones (excluding diaryl/α,β-unsaturated/α-hetero) is 1. The van der Waals surface area contributed by atoms with E-state index >= 15 is 0 Å². The Kier molecular flexibility index (Phi) is 18.3. The second kappa shape index (κ2) is 21.8. The van der Waals surface area contributed by atoms with Gasteiger partial charge in [0.15, 0.2) is 0 Å². The molecule has 0 bridgehead atoms. The van der Waals surface area contributed by atoms with Gasteiger partial charge in [-0.3, -0.25) is 29.4 Å². The maximum absolute atomic E-state index is 12.6. The van der Waals surface area contributed by atoms with Crippen molar-refractivity contribution in [2.75, 3.05) is 0 Å². The predicted octanol–water partition coefficient (Wildman–Crippen LogP) is -1.56. The summed E-state index contributed by atoms with van der Waals surface area (Å²) in [5, 5.41) is 20.1. The fourth-order valence-corrected chi connectivity index (χ4v) is 2.16. The molecule has 10 nitrogen and oxygen atoms in total. The Labute approximate surface area is 231 Å². The summed E-state index contributed by atoms with van der Waals surface area (Å²) in [5.41, 5.74) is 4.54. The van der Waals surface area contributed by atoms with Crippen molar-refractivity contribution in [2.24, 2.45) is 0 Å². The SMILES string of the molecule is C#CC#CC#CC#CC#CC#CC#CC#CC#CC(=O)[C@H](CCC(=O)O)NC(=O)[C@H](CCC(=O)O)NNC(C)=O. The van der Waals surface area contributed by atoms with Gasteiger partial charge in [-0.2, -0.15) is 0 Å². The molecule has 0 spiro atoms. The molecule has 0 aromatic heterocycles.